The molecule has 0 fully saturated rings. The Hall–Kier alpha value is -2.14. The van der Waals surface area contributed by atoms with Crippen LogP contribution in [0.5, 0.6) is 0 Å². The van der Waals surface area contributed by atoms with Gasteiger partial charge in [0.15, 0.2) is 5.78 Å². The number of Topliss-reactive ketones (excluding diaryl/α,β-unsaturated/α-hetero) is 1. The molecule has 10 heteroatoms. The summed E-state index contributed by atoms with van der Waals surface area (Å²) in [6.45, 7) is 18.9. The number of rotatable bonds is 12. The first-order valence-corrected chi connectivity index (χ1v) is 14.3. The molecule has 0 N–H and O–H groups in total. The molecule has 36 heavy (non-hydrogen) atoms. The fraction of sp³-hybridized carbons (Fsp3) is 0.692. The van der Waals surface area contributed by atoms with E-state index in [1.807, 2.05) is 62.3 Å². The highest BCUT2D eigenvalue weighted by Gasteiger charge is 2.49. The highest BCUT2D eigenvalue weighted by molar-refractivity contribution is 6.61. The van der Waals surface area contributed by atoms with E-state index in [4.69, 9.17) is 18.0 Å². The smallest absolute Gasteiger partial charge is 0.461 e. The molecule has 1 aromatic rings. The van der Waals surface area contributed by atoms with Crippen molar-refractivity contribution in [3.8, 4) is 0 Å². The molecule has 0 amide bonds. The maximum atomic E-state index is 13.0. The number of benzene rings is 1. The summed E-state index contributed by atoms with van der Waals surface area (Å²) in [5.41, 5.74) is -1.25. The third-order valence-corrected chi connectivity index (χ3v) is 8.28. The number of nitrogens with zero attached hydrogens (tertiary/aromatic N) is 1. The Labute approximate surface area is 216 Å². The summed E-state index contributed by atoms with van der Waals surface area (Å²) in [6, 6.07) is 4.56. The molecule has 0 radical (unpaired) electrons. The minimum absolute atomic E-state index is 0.155. The minimum Gasteiger partial charge on any atom is -0.461 e. The monoisotopic (exact) mass is 525 g/mol. The van der Waals surface area contributed by atoms with E-state index >= 15 is 0 Å². The number of ether oxygens (including phenoxy) is 1. The topological polar surface area (TPSA) is 114 Å². The SMILES string of the molecule is CCC(=O)OCc1cc(C(=O)CCC[Si](OC(C)(C)C)(OC(C)(C)C)OC(C)(C)C)ccc1[N+](=O)[O-]. The maximum Gasteiger partial charge on any atom is 0.502 e. The van der Waals surface area contributed by atoms with Crippen molar-refractivity contribution in [2.75, 3.05) is 0 Å². The van der Waals surface area contributed by atoms with Gasteiger partial charge in [-0.25, -0.2) is 0 Å². The Bertz CT molecular complexity index is 885. The number of nitro benzene ring substituents is 1. The van der Waals surface area contributed by atoms with Crippen LogP contribution >= 0.6 is 0 Å². The van der Waals surface area contributed by atoms with Gasteiger partial charge in [0.1, 0.15) is 6.61 Å². The molecule has 1 aromatic carbocycles. The second-order valence-corrected chi connectivity index (χ2v) is 14.2. The van der Waals surface area contributed by atoms with Gasteiger partial charge < -0.3 is 18.0 Å². The lowest BCUT2D eigenvalue weighted by molar-refractivity contribution is -0.385. The Morgan fingerprint density at radius 2 is 1.42 bits per heavy atom. The zero-order valence-electron chi connectivity index (χ0n) is 23.5. The molecule has 0 aliphatic heterocycles. The standard InChI is InChI=1S/C26H43NO8Si/c1-11-23(29)32-18-20-17-19(14-15-21(20)27(30)31)22(28)13-12-16-36(33-24(2,3)4,34-25(5,6)7)35-26(8,9)10/h14-15,17H,11-13,16,18H2,1-10H3. The molecular weight excluding hydrogens is 482 g/mol. The lowest BCUT2D eigenvalue weighted by Crippen LogP contribution is -2.57. The van der Waals surface area contributed by atoms with Crippen LogP contribution in [-0.2, 0) is 29.4 Å². The Kier molecular flexibility index (Phi) is 11.0. The van der Waals surface area contributed by atoms with Crippen molar-refractivity contribution in [3.05, 3.63) is 39.4 Å². The predicted octanol–water partition coefficient (Wildman–Crippen LogP) is 6.40. The second-order valence-electron chi connectivity index (χ2n) is 11.7. The molecular formula is C26H43NO8Si. The van der Waals surface area contributed by atoms with Gasteiger partial charge in [-0.1, -0.05) is 6.92 Å². The maximum absolute atomic E-state index is 13.0. The summed E-state index contributed by atoms with van der Waals surface area (Å²) in [5.74, 6) is -0.656. The average Bonchev–Trinajstić information content (AvgIpc) is 2.67. The molecule has 0 aliphatic carbocycles. The van der Waals surface area contributed by atoms with Crippen molar-refractivity contribution in [1.29, 1.82) is 0 Å². The highest BCUT2D eigenvalue weighted by atomic mass is 28.4. The Balaban J connectivity index is 3.13. The number of hydrogen-bond acceptors (Lipinski definition) is 8. The third-order valence-electron chi connectivity index (χ3n) is 4.55. The first kappa shape index (κ1) is 31.9. The lowest BCUT2D eigenvalue weighted by Gasteiger charge is -2.43. The van der Waals surface area contributed by atoms with Gasteiger partial charge in [-0.2, -0.15) is 0 Å². The molecule has 0 heterocycles. The quantitative estimate of drug-likeness (QED) is 0.101. The van der Waals surface area contributed by atoms with E-state index in [2.05, 4.69) is 0 Å². The van der Waals surface area contributed by atoms with Crippen LogP contribution in [0.25, 0.3) is 0 Å². The van der Waals surface area contributed by atoms with Gasteiger partial charge in [-0.3, -0.25) is 19.7 Å². The molecule has 0 unspecified atom stereocenters. The number of carbonyl (C=O) groups excluding carboxylic acids is 2. The van der Waals surface area contributed by atoms with Crippen LogP contribution in [0, 0.1) is 10.1 Å². The van der Waals surface area contributed by atoms with Gasteiger partial charge in [-0.15, -0.1) is 0 Å². The molecule has 1 rings (SSSR count). The summed E-state index contributed by atoms with van der Waals surface area (Å²) in [6.07, 6.45) is 0.779. The van der Waals surface area contributed by atoms with Crippen molar-refractivity contribution in [2.24, 2.45) is 0 Å². The number of carbonyl (C=O) groups is 2. The van der Waals surface area contributed by atoms with Crippen LogP contribution in [0.2, 0.25) is 6.04 Å². The molecule has 204 valence electrons. The fourth-order valence-corrected chi connectivity index (χ4v) is 7.38. The number of ketones is 1. The molecule has 0 spiro atoms. The Morgan fingerprint density at radius 1 is 0.917 bits per heavy atom. The van der Waals surface area contributed by atoms with E-state index in [9.17, 15) is 19.7 Å². The van der Waals surface area contributed by atoms with Crippen LogP contribution in [0.1, 0.15) is 104 Å². The summed E-state index contributed by atoms with van der Waals surface area (Å²) >= 11 is 0. The van der Waals surface area contributed by atoms with Gasteiger partial charge in [0, 0.05) is 30.5 Å². The predicted molar refractivity (Wildman–Crippen MR) is 140 cm³/mol. The van der Waals surface area contributed by atoms with Gasteiger partial charge in [0.25, 0.3) is 5.69 Å². The van der Waals surface area contributed by atoms with E-state index < -0.39 is 36.5 Å². The van der Waals surface area contributed by atoms with Gasteiger partial charge >= 0.3 is 14.8 Å². The van der Waals surface area contributed by atoms with Gasteiger partial charge in [0.2, 0.25) is 0 Å². The molecule has 0 saturated carbocycles. The van der Waals surface area contributed by atoms with E-state index in [0.29, 0.717) is 18.0 Å². The van der Waals surface area contributed by atoms with Gasteiger partial charge in [-0.05, 0) is 80.9 Å². The first-order chi connectivity index (χ1) is 16.3. The Morgan fingerprint density at radius 3 is 1.83 bits per heavy atom. The van der Waals surface area contributed by atoms with Crippen molar-refractivity contribution in [2.45, 2.75) is 118 Å². The summed E-state index contributed by atoms with van der Waals surface area (Å²) in [4.78, 5) is 35.4. The van der Waals surface area contributed by atoms with Crippen LogP contribution in [0.3, 0.4) is 0 Å². The lowest BCUT2D eigenvalue weighted by atomic mass is 10.0. The summed E-state index contributed by atoms with van der Waals surface area (Å²) < 4.78 is 24.4. The van der Waals surface area contributed by atoms with E-state index in [0.717, 1.165) is 0 Å². The number of hydrogen-bond donors (Lipinski definition) is 0. The molecule has 0 atom stereocenters. The minimum atomic E-state index is -3.23. The van der Waals surface area contributed by atoms with Crippen molar-refractivity contribution in [1.82, 2.24) is 0 Å². The fourth-order valence-electron chi connectivity index (χ4n) is 3.54. The van der Waals surface area contributed by atoms with E-state index in [1.54, 1.807) is 6.92 Å². The van der Waals surface area contributed by atoms with Crippen molar-refractivity contribution >= 4 is 26.2 Å². The zero-order chi connectivity index (χ0) is 27.9. The van der Waals surface area contributed by atoms with Crippen molar-refractivity contribution in [3.63, 3.8) is 0 Å². The largest absolute Gasteiger partial charge is 0.502 e. The number of nitro groups is 1. The van der Waals surface area contributed by atoms with Crippen LogP contribution in [-0.4, -0.2) is 42.3 Å². The third kappa shape index (κ3) is 11.7. The summed E-state index contributed by atoms with van der Waals surface area (Å²) in [5, 5.41) is 11.4. The van der Waals surface area contributed by atoms with E-state index in [1.165, 1.54) is 18.2 Å². The average molecular weight is 526 g/mol. The zero-order valence-corrected chi connectivity index (χ0v) is 24.5. The molecule has 0 saturated heterocycles. The number of esters is 1. The summed E-state index contributed by atoms with van der Waals surface area (Å²) in [7, 11) is -3.23. The second kappa shape index (κ2) is 12.4. The molecule has 0 aromatic heterocycles. The van der Waals surface area contributed by atoms with Crippen LogP contribution in [0.15, 0.2) is 18.2 Å². The van der Waals surface area contributed by atoms with Crippen LogP contribution in [0.4, 0.5) is 5.69 Å². The normalized spacial score (nSPS) is 12.9. The highest BCUT2D eigenvalue weighted by Crippen LogP contribution is 2.33. The van der Waals surface area contributed by atoms with E-state index in [-0.39, 0.29) is 36.5 Å². The van der Waals surface area contributed by atoms with Crippen LogP contribution < -0.4 is 0 Å². The molecule has 9 nitrogen and oxygen atoms in total. The molecule has 0 bridgehead atoms. The first-order valence-electron chi connectivity index (χ1n) is 12.3. The van der Waals surface area contributed by atoms with Crippen molar-refractivity contribution < 1.29 is 32.5 Å². The molecule has 0 aliphatic rings. The van der Waals surface area contributed by atoms with Gasteiger partial charge in [0.05, 0.1) is 27.3 Å².